The first-order valence-electron chi connectivity index (χ1n) is 6.75. The van der Waals surface area contributed by atoms with Gasteiger partial charge in [-0.15, -0.1) is 0 Å². The first-order chi connectivity index (χ1) is 7.86. The van der Waals surface area contributed by atoms with Gasteiger partial charge in [0, 0.05) is 12.4 Å². The average molecular weight is 219 g/mol. The minimum absolute atomic E-state index is 0.916. The predicted octanol–water partition coefficient (Wildman–Crippen LogP) is 4.62. The van der Waals surface area contributed by atoms with E-state index in [0.29, 0.717) is 0 Å². The number of unbranched alkanes of at least 4 members (excludes halogenated alkanes) is 2. The molecule has 0 aliphatic heterocycles. The molecule has 0 spiro atoms. The van der Waals surface area contributed by atoms with Crippen LogP contribution < -0.4 is 0 Å². The lowest BCUT2D eigenvalue weighted by Gasteiger charge is -2.14. The highest BCUT2D eigenvalue weighted by molar-refractivity contribution is 5.09. The molecule has 1 rings (SSSR count). The van der Waals surface area contributed by atoms with Gasteiger partial charge in [-0.25, -0.2) is 0 Å². The zero-order valence-corrected chi connectivity index (χ0v) is 10.8. The SMILES string of the molecule is CCCCCC(CC)CCc1ccncc1. The highest BCUT2D eigenvalue weighted by Gasteiger charge is 2.06. The van der Waals surface area contributed by atoms with Crippen molar-refractivity contribution in [1.82, 2.24) is 4.98 Å². The summed E-state index contributed by atoms with van der Waals surface area (Å²) in [6.45, 7) is 4.60. The first kappa shape index (κ1) is 13.2. The quantitative estimate of drug-likeness (QED) is 0.581. The van der Waals surface area contributed by atoms with Crippen molar-refractivity contribution in [3.8, 4) is 0 Å². The van der Waals surface area contributed by atoms with Crippen LogP contribution in [0.25, 0.3) is 0 Å². The van der Waals surface area contributed by atoms with Crippen LogP contribution in [-0.2, 0) is 6.42 Å². The molecule has 16 heavy (non-hydrogen) atoms. The molecule has 0 bridgehead atoms. The van der Waals surface area contributed by atoms with Crippen molar-refractivity contribution >= 4 is 0 Å². The minimum atomic E-state index is 0.916. The van der Waals surface area contributed by atoms with E-state index in [9.17, 15) is 0 Å². The van der Waals surface area contributed by atoms with E-state index in [-0.39, 0.29) is 0 Å². The topological polar surface area (TPSA) is 12.9 Å². The number of aryl methyl sites for hydroxylation is 1. The van der Waals surface area contributed by atoms with Crippen LogP contribution in [0, 0.1) is 5.92 Å². The van der Waals surface area contributed by atoms with Crippen LogP contribution in [0.5, 0.6) is 0 Å². The van der Waals surface area contributed by atoms with Gasteiger partial charge in [0.25, 0.3) is 0 Å². The molecule has 1 nitrogen and oxygen atoms in total. The number of rotatable bonds is 8. The number of pyridine rings is 1. The van der Waals surface area contributed by atoms with Crippen molar-refractivity contribution in [3.63, 3.8) is 0 Å². The van der Waals surface area contributed by atoms with Crippen LogP contribution in [0.1, 0.15) is 57.9 Å². The third-order valence-electron chi connectivity index (χ3n) is 3.38. The molecule has 1 unspecified atom stereocenters. The Bertz CT molecular complexity index is 255. The fourth-order valence-electron chi connectivity index (χ4n) is 2.16. The maximum atomic E-state index is 4.05. The summed E-state index contributed by atoms with van der Waals surface area (Å²) in [7, 11) is 0. The molecule has 90 valence electrons. The van der Waals surface area contributed by atoms with Crippen LogP contribution in [0.2, 0.25) is 0 Å². The van der Waals surface area contributed by atoms with E-state index in [0.717, 1.165) is 5.92 Å². The number of aromatic nitrogens is 1. The Morgan fingerprint density at radius 2 is 1.81 bits per heavy atom. The molecule has 0 N–H and O–H groups in total. The summed E-state index contributed by atoms with van der Waals surface area (Å²) in [5, 5.41) is 0. The van der Waals surface area contributed by atoms with Crippen molar-refractivity contribution < 1.29 is 0 Å². The molecule has 0 aromatic carbocycles. The first-order valence-corrected chi connectivity index (χ1v) is 6.75. The lowest BCUT2D eigenvalue weighted by molar-refractivity contribution is 0.417. The van der Waals surface area contributed by atoms with Gasteiger partial charge in [-0.1, -0.05) is 46.0 Å². The molecule has 1 aromatic heterocycles. The summed E-state index contributed by atoms with van der Waals surface area (Å²) in [5.41, 5.74) is 1.43. The van der Waals surface area contributed by atoms with Crippen molar-refractivity contribution in [2.75, 3.05) is 0 Å². The normalized spacial score (nSPS) is 12.6. The van der Waals surface area contributed by atoms with E-state index in [4.69, 9.17) is 0 Å². The molecular formula is C15H25N. The van der Waals surface area contributed by atoms with Crippen LogP contribution >= 0.6 is 0 Å². The second-order valence-corrected chi connectivity index (χ2v) is 4.66. The van der Waals surface area contributed by atoms with Gasteiger partial charge in [0.05, 0.1) is 0 Å². The zero-order chi connectivity index (χ0) is 11.6. The molecule has 0 radical (unpaired) electrons. The number of hydrogen-bond donors (Lipinski definition) is 0. The van der Waals surface area contributed by atoms with Gasteiger partial charge < -0.3 is 0 Å². The largest absolute Gasteiger partial charge is 0.265 e. The summed E-state index contributed by atoms with van der Waals surface area (Å²) in [5.74, 6) is 0.916. The average Bonchev–Trinajstić information content (AvgIpc) is 2.35. The van der Waals surface area contributed by atoms with Gasteiger partial charge in [-0.3, -0.25) is 4.98 Å². The molecule has 0 saturated heterocycles. The molecule has 0 aliphatic carbocycles. The molecule has 0 saturated carbocycles. The third kappa shape index (κ3) is 5.29. The molecule has 0 amide bonds. The Morgan fingerprint density at radius 1 is 1.06 bits per heavy atom. The van der Waals surface area contributed by atoms with Gasteiger partial charge in [-0.05, 0) is 36.5 Å². The monoisotopic (exact) mass is 219 g/mol. The van der Waals surface area contributed by atoms with Crippen LogP contribution in [0.15, 0.2) is 24.5 Å². The molecule has 1 aromatic rings. The van der Waals surface area contributed by atoms with Gasteiger partial charge in [0.2, 0.25) is 0 Å². The minimum Gasteiger partial charge on any atom is -0.265 e. The van der Waals surface area contributed by atoms with Crippen LogP contribution in [0.4, 0.5) is 0 Å². The molecule has 0 aliphatic rings. The highest BCUT2D eigenvalue weighted by Crippen LogP contribution is 2.19. The maximum Gasteiger partial charge on any atom is 0.0270 e. The molecular weight excluding hydrogens is 194 g/mol. The predicted molar refractivity (Wildman–Crippen MR) is 70.5 cm³/mol. The summed E-state index contributed by atoms with van der Waals surface area (Å²) >= 11 is 0. The number of hydrogen-bond acceptors (Lipinski definition) is 1. The van der Waals surface area contributed by atoms with E-state index >= 15 is 0 Å². The Balaban J connectivity index is 2.23. The summed E-state index contributed by atoms with van der Waals surface area (Å²) in [4.78, 5) is 4.05. The van der Waals surface area contributed by atoms with Crippen molar-refractivity contribution in [1.29, 1.82) is 0 Å². The standard InChI is InChI=1S/C15H25N/c1-3-5-6-7-14(4-2)8-9-15-10-12-16-13-11-15/h10-14H,3-9H2,1-2H3. The number of nitrogens with zero attached hydrogens (tertiary/aromatic N) is 1. The van der Waals surface area contributed by atoms with Crippen LogP contribution in [0.3, 0.4) is 0 Å². The fourth-order valence-corrected chi connectivity index (χ4v) is 2.16. The third-order valence-corrected chi connectivity index (χ3v) is 3.38. The Hall–Kier alpha value is -0.850. The smallest absolute Gasteiger partial charge is 0.0270 e. The van der Waals surface area contributed by atoms with E-state index in [1.165, 1.54) is 50.5 Å². The maximum absolute atomic E-state index is 4.05. The van der Waals surface area contributed by atoms with Crippen molar-refractivity contribution in [3.05, 3.63) is 30.1 Å². The Morgan fingerprint density at radius 3 is 2.44 bits per heavy atom. The molecule has 0 fully saturated rings. The van der Waals surface area contributed by atoms with Gasteiger partial charge >= 0.3 is 0 Å². The lowest BCUT2D eigenvalue weighted by Crippen LogP contribution is -2.01. The molecule has 1 heterocycles. The Labute approximate surface area is 100 Å². The summed E-state index contributed by atoms with van der Waals surface area (Å²) < 4.78 is 0. The summed E-state index contributed by atoms with van der Waals surface area (Å²) in [6, 6.07) is 4.28. The van der Waals surface area contributed by atoms with Crippen LogP contribution in [-0.4, -0.2) is 4.98 Å². The van der Waals surface area contributed by atoms with E-state index in [1.54, 1.807) is 0 Å². The highest BCUT2D eigenvalue weighted by atomic mass is 14.6. The second-order valence-electron chi connectivity index (χ2n) is 4.66. The van der Waals surface area contributed by atoms with E-state index in [1.807, 2.05) is 12.4 Å². The fraction of sp³-hybridized carbons (Fsp3) is 0.667. The molecule has 1 atom stereocenters. The molecule has 1 heteroatoms. The van der Waals surface area contributed by atoms with E-state index in [2.05, 4.69) is 31.0 Å². The van der Waals surface area contributed by atoms with E-state index < -0.39 is 0 Å². The lowest BCUT2D eigenvalue weighted by atomic mass is 9.92. The Kier molecular flexibility index (Phi) is 6.87. The van der Waals surface area contributed by atoms with Crippen molar-refractivity contribution in [2.24, 2.45) is 5.92 Å². The second kappa shape index (κ2) is 8.32. The van der Waals surface area contributed by atoms with Crippen molar-refractivity contribution in [2.45, 2.75) is 58.8 Å². The van der Waals surface area contributed by atoms with Gasteiger partial charge in [0.15, 0.2) is 0 Å². The zero-order valence-electron chi connectivity index (χ0n) is 10.8. The summed E-state index contributed by atoms with van der Waals surface area (Å²) in [6.07, 6.45) is 13.2. The van der Waals surface area contributed by atoms with Gasteiger partial charge in [0.1, 0.15) is 0 Å². The van der Waals surface area contributed by atoms with Gasteiger partial charge in [-0.2, -0.15) is 0 Å².